The van der Waals surface area contributed by atoms with E-state index in [-0.39, 0.29) is 11.4 Å². The summed E-state index contributed by atoms with van der Waals surface area (Å²) in [6, 6.07) is 24.2. The molecule has 0 spiro atoms. The minimum Gasteiger partial charge on any atom is -0.492 e. The highest BCUT2D eigenvalue weighted by Crippen LogP contribution is 2.39. The van der Waals surface area contributed by atoms with Crippen molar-refractivity contribution < 1.29 is 13.2 Å². The van der Waals surface area contributed by atoms with Crippen molar-refractivity contribution in [3.8, 4) is 11.4 Å². The fourth-order valence-electron chi connectivity index (χ4n) is 4.48. The maximum atomic E-state index is 14.2. The molecule has 0 aliphatic carbocycles. The molecule has 2 heterocycles. The third-order valence-corrected chi connectivity index (χ3v) is 7.98. The maximum absolute atomic E-state index is 14.2. The molecule has 1 unspecified atom stereocenters. The number of aromatic nitrogens is 3. The molecule has 7 nitrogen and oxygen atoms in total. The second-order valence-corrected chi connectivity index (χ2v) is 10.0. The predicted octanol–water partition coefficient (Wildman–Crippen LogP) is 4.54. The van der Waals surface area contributed by atoms with Gasteiger partial charge in [0.05, 0.1) is 18.3 Å². The van der Waals surface area contributed by atoms with Crippen molar-refractivity contribution in [2.75, 3.05) is 6.61 Å². The van der Waals surface area contributed by atoms with Crippen LogP contribution >= 0.6 is 0 Å². The summed E-state index contributed by atoms with van der Waals surface area (Å²) in [5.41, 5.74) is 2.92. The zero-order valence-electron chi connectivity index (χ0n) is 18.9. The SMILES string of the molecule is CCOc1ccccc1S(=O)(=O)N1Cc2ccccc2-n2cnnc2C1CCc1ccccc1. The number of sulfonamides is 1. The van der Waals surface area contributed by atoms with Gasteiger partial charge in [-0.3, -0.25) is 4.57 Å². The van der Waals surface area contributed by atoms with Crippen LogP contribution in [0.15, 0.2) is 90.1 Å². The van der Waals surface area contributed by atoms with Crippen LogP contribution in [0.5, 0.6) is 5.75 Å². The fraction of sp³-hybridized carbons (Fsp3) is 0.231. The average Bonchev–Trinajstić information content (AvgIpc) is 3.29. The van der Waals surface area contributed by atoms with E-state index in [1.165, 1.54) is 0 Å². The minimum atomic E-state index is -3.93. The van der Waals surface area contributed by atoms with Crippen molar-refractivity contribution in [3.05, 3.63) is 102 Å². The normalized spacial score (nSPS) is 15.9. The summed E-state index contributed by atoms with van der Waals surface area (Å²) in [5, 5.41) is 8.55. The fourth-order valence-corrected chi connectivity index (χ4v) is 6.21. The molecule has 0 saturated carbocycles. The number of para-hydroxylation sites is 2. The van der Waals surface area contributed by atoms with E-state index in [0.717, 1.165) is 16.8 Å². The number of aryl methyl sites for hydroxylation is 1. The quantitative estimate of drug-likeness (QED) is 0.393. The number of hydrogen-bond acceptors (Lipinski definition) is 5. The summed E-state index contributed by atoms with van der Waals surface area (Å²) in [4.78, 5) is 0.159. The molecular formula is C26H26N4O3S. The summed E-state index contributed by atoms with van der Waals surface area (Å²) in [6.45, 7) is 2.44. The van der Waals surface area contributed by atoms with Gasteiger partial charge in [0.25, 0.3) is 0 Å². The van der Waals surface area contributed by atoms with Gasteiger partial charge in [-0.15, -0.1) is 10.2 Å². The van der Waals surface area contributed by atoms with Crippen LogP contribution in [0.1, 0.15) is 36.3 Å². The van der Waals surface area contributed by atoms with Crippen LogP contribution in [0.2, 0.25) is 0 Å². The Morgan fingerprint density at radius 2 is 1.71 bits per heavy atom. The summed E-state index contributed by atoms with van der Waals surface area (Å²) in [7, 11) is -3.93. The van der Waals surface area contributed by atoms with Gasteiger partial charge >= 0.3 is 0 Å². The molecule has 34 heavy (non-hydrogen) atoms. The molecule has 4 aromatic rings. The maximum Gasteiger partial charge on any atom is 0.247 e. The van der Waals surface area contributed by atoms with E-state index in [2.05, 4.69) is 22.3 Å². The first kappa shape index (κ1) is 22.3. The molecule has 1 aromatic heterocycles. The molecule has 1 aliphatic rings. The number of nitrogens with zero attached hydrogens (tertiary/aromatic N) is 4. The van der Waals surface area contributed by atoms with E-state index in [1.54, 1.807) is 34.9 Å². The van der Waals surface area contributed by atoms with Gasteiger partial charge < -0.3 is 4.74 Å². The van der Waals surface area contributed by atoms with Crippen LogP contribution in [-0.4, -0.2) is 34.1 Å². The molecule has 0 fully saturated rings. The van der Waals surface area contributed by atoms with Gasteiger partial charge in [-0.1, -0.05) is 60.7 Å². The lowest BCUT2D eigenvalue weighted by Gasteiger charge is -2.29. The Morgan fingerprint density at radius 1 is 0.971 bits per heavy atom. The zero-order valence-corrected chi connectivity index (χ0v) is 19.7. The van der Waals surface area contributed by atoms with Crippen LogP contribution in [0.3, 0.4) is 0 Å². The molecule has 1 atom stereocenters. The monoisotopic (exact) mass is 474 g/mol. The Bertz CT molecular complexity index is 1390. The van der Waals surface area contributed by atoms with E-state index < -0.39 is 16.1 Å². The lowest BCUT2D eigenvalue weighted by Crippen LogP contribution is -2.35. The molecule has 0 radical (unpaired) electrons. The van der Waals surface area contributed by atoms with E-state index in [9.17, 15) is 8.42 Å². The molecular weight excluding hydrogens is 448 g/mol. The first-order valence-corrected chi connectivity index (χ1v) is 12.8. The van der Waals surface area contributed by atoms with Crippen LogP contribution in [0.4, 0.5) is 0 Å². The Hall–Kier alpha value is -3.49. The topological polar surface area (TPSA) is 77.3 Å². The summed E-state index contributed by atoms with van der Waals surface area (Å²) >= 11 is 0. The van der Waals surface area contributed by atoms with Crippen molar-refractivity contribution in [2.24, 2.45) is 0 Å². The first-order valence-electron chi connectivity index (χ1n) is 11.4. The van der Waals surface area contributed by atoms with Crippen molar-refractivity contribution in [3.63, 3.8) is 0 Å². The highest BCUT2D eigenvalue weighted by atomic mass is 32.2. The first-order chi connectivity index (χ1) is 16.6. The Balaban J connectivity index is 1.64. The Morgan fingerprint density at radius 3 is 2.53 bits per heavy atom. The molecule has 0 saturated heterocycles. The third-order valence-electron chi connectivity index (χ3n) is 6.08. The number of hydrogen-bond donors (Lipinski definition) is 0. The number of fused-ring (bicyclic) bond motifs is 3. The number of ether oxygens (including phenoxy) is 1. The predicted molar refractivity (Wildman–Crippen MR) is 129 cm³/mol. The molecule has 5 rings (SSSR count). The number of benzene rings is 3. The average molecular weight is 475 g/mol. The highest BCUT2D eigenvalue weighted by molar-refractivity contribution is 7.89. The molecule has 3 aromatic carbocycles. The van der Waals surface area contributed by atoms with Gasteiger partial charge in [-0.25, -0.2) is 8.42 Å². The highest BCUT2D eigenvalue weighted by Gasteiger charge is 2.39. The van der Waals surface area contributed by atoms with Crippen LogP contribution in [0, 0.1) is 0 Å². The standard InChI is InChI=1S/C26H26N4O3S/c1-2-33-24-14-8-9-15-25(24)34(31,32)30-18-21-12-6-7-13-22(21)29-19-27-28-26(29)23(30)17-16-20-10-4-3-5-11-20/h3-15,19,23H,2,16-18H2,1H3. The lowest BCUT2D eigenvalue weighted by molar-refractivity contribution is 0.290. The second-order valence-electron chi connectivity index (χ2n) is 8.16. The molecule has 8 heteroatoms. The van der Waals surface area contributed by atoms with Gasteiger partial charge in [0.15, 0.2) is 5.82 Å². The van der Waals surface area contributed by atoms with Gasteiger partial charge in [0.1, 0.15) is 17.0 Å². The van der Waals surface area contributed by atoms with Crippen molar-refractivity contribution >= 4 is 10.0 Å². The van der Waals surface area contributed by atoms with Gasteiger partial charge in [0.2, 0.25) is 10.0 Å². The van der Waals surface area contributed by atoms with Crippen molar-refractivity contribution in [1.82, 2.24) is 19.1 Å². The molecule has 1 aliphatic heterocycles. The smallest absolute Gasteiger partial charge is 0.247 e. The summed E-state index contributed by atoms with van der Waals surface area (Å²) in [6.07, 6.45) is 2.93. The van der Waals surface area contributed by atoms with E-state index in [4.69, 9.17) is 4.74 Å². The molecule has 174 valence electrons. The van der Waals surface area contributed by atoms with Crippen LogP contribution in [0.25, 0.3) is 5.69 Å². The van der Waals surface area contributed by atoms with Crippen molar-refractivity contribution in [2.45, 2.75) is 37.2 Å². The third kappa shape index (κ3) is 4.10. The minimum absolute atomic E-state index is 0.159. The van der Waals surface area contributed by atoms with Crippen LogP contribution < -0.4 is 4.74 Å². The van der Waals surface area contributed by atoms with Crippen LogP contribution in [-0.2, 0) is 23.0 Å². The molecule has 0 amide bonds. The van der Waals surface area contributed by atoms with Gasteiger partial charge in [0, 0.05) is 6.54 Å². The summed E-state index contributed by atoms with van der Waals surface area (Å²) < 4.78 is 37.5. The van der Waals surface area contributed by atoms with Gasteiger partial charge in [-0.2, -0.15) is 4.31 Å². The molecule has 0 N–H and O–H groups in total. The molecule has 0 bridgehead atoms. The lowest BCUT2D eigenvalue weighted by atomic mass is 10.0. The Kier molecular flexibility index (Phi) is 6.17. The van der Waals surface area contributed by atoms with E-state index >= 15 is 0 Å². The van der Waals surface area contributed by atoms with Crippen molar-refractivity contribution in [1.29, 1.82) is 0 Å². The number of rotatable bonds is 7. The summed E-state index contributed by atoms with van der Waals surface area (Å²) in [5.74, 6) is 0.962. The zero-order chi connectivity index (χ0) is 23.5. The largest absolute Gasteiger partial charge is 0.492 e. The van der Waals surface area contributed by atoms with Gasteiger partial charge in [-0.05, 0) is 49.1 Å². The van der Waals surface area contributed by atoms with E-state index in [0.29, 0.717) is 31.0 Å². The Labute approximate surface area is 199 Å². The second kappa shape index (κ2) is 9.40. The van der Waals surface area contributed by atoms with E-state index in [1.807, 2.05) is 54.0 Å².